The highest BCUT2D eigenvalue weighted by atomic mass is 19.1. The number of anilines is 1. The van der Waals surface area contributed by atoms with Gasteiger partial charge in [0.15, 0.2) is 5.78 Å². The number of benzene rings is 3. The lowest BCUT2D eigenvalue weighted by atomic mass is 9.68. The van der Waals surface area contributed by atoms with Crippen LogP contribution in [0.2, 0.25) is 0 Å². The number of nitrogens with two attached hydrogens (primary N) is 1. The van der Waals surface area contributed by atoms with Gasteiger partial charge in [-0.05, 0) is 96.3 Å². The zero-order chi connectivity index (χ0) is 29.5. The molecule has 0 saturated heterocycles. The molecule has 3 aromatic carbocycles. The minimum atomic E-state index is -0.574. The molecule has 0 fully saturated rings. The molecular formula is C35H36FN3O2. The second-order valence-corrected chi connectivity index (χ2v) is 11.9. The smallest absolute Gasteiger partial charge is 0.162 e. The van der Waals surface area contributed by atoms with E-state index in [1.165, 1.54) is 17.7 Å². The molecule has 1 atom stereocenters. The van der Waals surface area contributed by atoms with Crippen molar-refractivity contribution in [2.24, 2.45) is 11.1 Å². The first-order chi connectivity index (χ1) is 19.5. The maximum Gasteiger partial charge on any atom is 0.162 e. The molecule has 0 amide bonds. The number of hydrogen-bond acceptors (Lipinski definition) is 5. The molecular weight excluding hydrogens is 513 g/mol. The largest absolute Gasteiger partial charge is 0.489 e. The Balaban J connectivity index is 1.64. The fourth-order valence-corrected chi connectivity index (χ4v) is 6.07. The highest BCUT2D eigenvalue weighted by Crippen LogP contribution is 2.50. The van der Waals surface area contributed by atoms with Crippen molar-refractivity contribution in [3.8, 4) is 11.8 Å². The number of halogens is 1. The number of carbonyl (C=O) groups is 1. The van der Waals surface area contributed by atoms with Crippen molar-refractivity contribution < 1.29 is 13.9 Å². The van der Waals surface area contributed by atoms with Crippen LogP contribution >= 0.6 is 0 Å². The molecule has 0 spiro atoms. The van der Waals surface area contributed by atoms with Crippen LogP contribution in [0.4, 0.5) is 10.1 Å². The van der Waals surface area contributed by atoms with Crippen LogP contribution in [0.15, 0.2) is 83.3 Å². The van der Waals surface area contributed by atoms with Crippen LogP contribution in [-0.4, -0.2) is 5.78 Å². The summed E-state index contributed by atoms with van der Waals surface area (Å²) >= 11 is 0. The van der Waals surface area contributed by atoms with E-state index in [0.717, 1.165) is 40.1 Å². The number of aryl methyl sites for hydroxylation is 3. The molecule has 2 N–H and O–H groups in total. The Morgan fingerprint density at radius 2 is 1.73 bits per heavy atom. The van der Waals surface area contributed by atoms with E-state index in [9.17, 15) is 14.4 Å². The Kier molecular flexibility index (Phi) is 7.48. The zero-order valence-electron chi connectivity index (χ0n) is 24.3. The second-order valence-electron chi connectivity index (χ2n) is 11.9. The minimum Gasteiger partial charge on any atom is -0.489 e. The highest BCUT2D eigenvalue weighted by molar-refractivity contribution is 6.01. The summed E-state index contributed by atoms with van der Waals surface area (Å²) in [6, 6.07) is 20.6. The van der Waals surface area contributed by atoms with Gasteiger partial charge in [-0.2, -0.15) is 5.26 Å². The molecule has 0 radical (unpaired) electrons. The van der Waals surface area contributed by atoms with E-state index < -0.39 is 5.92 Å². The Labute approximate surface area is 241 Å². The van der Waals surface area contributed by atoms with Crippen LogP contribution in [0.5, 0.6) is 5.75 Å². The van der Waals surface area contributed by atoms with Gasteiger partial charge in [0.1, 0.15) is 24.0 Å². The number of nitrogens with zero attached hydrogens (tertiary/aromatic N) is 2. The molecule has 5 rings (SSSR count). The molecule has 1 aliphatic heterocycles. The molecule has 5 nitrogen and oxygen atoms in total. The second kappa shape index (κ2) is 10.9. The summed E-state index contributed by atoms with van der Waals surface area (Å²) in [6.07, 6.45) is 1.97. The summed E-state index contributed by atoms with van der Waals surface area (Å²) in [6.45, 7) is 10.6. The predicted octanol–water partition coefficient (Wildman–Crippen LogP) is 7.52. The van der Waals surface area contributed by atoms with Crippen molar-refractivity contribution in [1.29, 1.82) is 5.26 Å². The normalized spacial score (nSPS) is 18.3. The summed E-state index contributed by atoms with van der Waals surface area (Å²) in [4.78, 5) is 15.9. The first-order valence-electron chi connectivity index (χ1n) is 14.1. The van der Waals surface area contributed by atoms with Gasteiger partial charge in [0.2, 0.25) is 0 Å². The van der Waals surface area contributed by atoms with Gasteiger partial charge < -0.3 is 10.5 Å². The molecule has 210 valence electrons. The molecule has 2 aliphatic rings. The summed E-state index contributed by atoms with van der Waals surface area (Å²) in [5.74, 6) is 0.0641. The minimum absolute atomic E-state index is 0.0424. The topological polar surface area (TPSA) is 79.3 Å². The SMILES string of the molecule is CCc1ccc(N2C(N)=C(C#N)C(c3cc(COc4ccc(F)cc4)c(C)cc3C)C3=C2CC(C)(C)CC3=O)cc1. The van der Waals surface area contributed by atoms with E-state index in [2.05, 4.69) is 45.0 Å². The summed E-state index contributed by atoms with van der Waals surface area (Å²) in [7, 11) is 0. The average Bonchev–Trinajstić information content (AvgIpc) is 2.92. The summed E-state index contributed by atoms with van der Waals surface area (Å²) in [5, 5.41) is 10.5. The molecule has 0 bridgehead atoms. The van der Waals surface area contributed by atoms with Crippen LogP contribution < -0.4 is 15.4 Å². The molecule has 0 aromatic heterocycles. The first kappa shape index (κ1) is 28.2. The van der Waals surface area contributed by atoms with E-state index in [-0.39, 0.29) is 23.6 Å². The maximum atomic E-state index is 14.0. The average molecular weight is 550 g/mol. The van der Waals surface area contributed by atoms with Crippen molar-refractivity contribution in [2.75, 3.05) is 4.90 Å². The summed E-state index contributed by atoms with van der Waals surface area (Å²) < 4.78 is 19.4. The predicted molar refractivity (Wildman–Crippen MR) is 160 cm³/mol. The standard InChI is InChI=1S/C35H36FN3O2/c1-6-23-7-11-26(12-8-23)39-30-17-35(4,5)18-31(40)33(30)32(29(19-37)34(39)38)28-16-24(21(2)15-22(28)3)20-41-27-13-9-25(36)10-14-27/h7-16,32H,6,17-18,20,38H2,1-5H3. The number of hydrogen-bond donors (Lipinski definition) is 1. The van der Waals surface area contributed by atoms with Gasteiger partial charge in [0.05, 0.1) is 17.6 Å². The number of Topliss-reactive ketones (excluding diaryl/α,β-unsaturated/α-hetero) is 1. The van der Waals surface area contributed by atoms with Gasteiger partial charge in [-0.3, -0.25) is 9.69 Å². The molecule has 1 heterocycles. The van der Waals surface area contributed by atoms with E-state index in [4.69, 9.17) is 10.5 Å². The van der Waals surface area contributed by atoms with Gasteiger partial charge in [-0.15, -0.1) is 0 Å². The molecule has 1 aliphatic carbocycles. The van der Waals surface area contributed by atoms with E-state index in [1.807, 2.05) is 36.9 Å². The quantitative estimate of drug-likeness (QED) is 0.344. The Bertz CT molecular complexity index is 1610. The molecule has 6 heteroatoms. The number of carbonyl (C=O) groups excluding carboxylic acids is 1. The molecule has 41 heavy (non-hydrogen) atoms. The third-order valence-corrected chi connectivity index (χ3v) is 8.23. The fourth-order valence-electron chi connectivity index (χ4n) is 6.07. The number of allylic oxidation sites excluding steroid dienone is 3. The molecule has 0 saturated carbocycles. The lowest BCUT2D eigenvalue weighted by molar-refractivity contribution is -0.118. The van der Waals surface area contributed by atoms with E-state index in [0.29, 0.717) is 35.6 Å². The van der Waals surface area contributed by atoms with Crippen LogP contribution in [-0.2, 0) is 17.8 Å². The zero-order valence-corrected chi connectivity index (χ0v) is 24.3. The van der Waals surface area contributed by atoms with Crippen LogP contribution in [0.1, 0.15) is 67.3 Å². The van der Waals surface area contributed by atoms with Gasteiger partial charge in [0, 0.05) is 23.4 Å². The Hall–Kier alpha value is -4.37. The van der Waals surface area contributed by atoms with Crippen LogP contribution in [0.3, 0.4) is 0 Å². The Morgan fingerprint density at radius 1 is 1.05 bits per heavy atom. The van der Waals surface area contributed by atoms with Crippen molar-refractivity contribution in [1.82, 2.24) is 0 Å². The lowest BCUT2D eigenvalue weighted by Gasteiger charge is -2.44. The van der Waals surface area contributed by atoms with Crippen LogP contribution in [0, 0.1) is 36.4 Å². The number of ketones is 1. The highest BCUT2D eigenvalue weighted by Gasteiger charge is 2.45. The van der Waals surface area contributed by atoms with Crippen molar-refractivity contribution in [2.45, 2.75) is 66.4 Å². The third kappa shape index (κ3) is 5.37. The van der Waals surface area contributed by atoms with Gasteiger partial charge in [-0.1, -0.05) is 45.0 Å². The molecule has 1 unspecified atom stereocenters. The lowest BCUT2D eigenvalue weighted by Crippen LogP contribution is -2.42. The number of nitriles is 1. The van der Waals surface area contributed by atoms with Gasteiger partial charge in [-0.25, -0.2) is 4.39 Å². The van der Waals surface area contributed by atoms with Gasteiger partial charge in [0.25, 0.3) is 0 Å². The van der Waals surface area contributed by atoms with Crippen LogP contribution in [0.25, 0.3) is 0 Å². The number of rotatable bonds is 6. The van der Waals surface area contributed by atoms with Gasteiger partial charge >= 0.3 is 0 Å². The number of ether oxygens (including phenoxy) is 1. The van der Waals surface area contributed by atoms with E-state index in [1.54, 1.807) is 12.1 Å². The maximum absolute atomic E-state index is 14.0. The third-order valence-electron chi connectivity index (χ3n) is 8.23. The molecule has 3 aromatic rings. The van der Waals surface area contributed by atoms with Crippen molar-refractivity contribution in [3.05, 3.63) is 117 Å². The summed E-state index contributed by atoms with van der Waals surface area (Å²) in [5.41, 5.74) is 14.3. The van der Waals surface area contributed by atoms with E-state index >= 15 is 0 Å². The monoisotopic (exact) mass is 549 g/mol. The van der Waals surface area contributed by atoms with Crippen molar-refractivity contribution >= 4 is 11.5 Å². The fraction of sp³-hybridized carbons (Fsp3) is 0.314. The van der Waals surface area contributed by atoms with Crippen molar-refractivity contribution in [3.63, 3.8) is 0 Å². The first-order valence-corrected chi connectivity index (χ1v) is 14.1. The Morgan fingerprint density at radius 3 is 2.37 bits per heavy atom.